The van der Waals surface area contributed by atoms with Crippen molar-refractivity contribution in [1.82, 2.24) is 16.0 Å². The van der Waals surface area contributed by atoms with Gasteiger partial charge in [-0.2, -0.15) is 0 Å². The molecule has 0 aromatic rings. The summed E-state index contributed by atoms with van der Waals surface area (Å²) in [4.78, 5) is 48.7. The topological polar surface area (TPSA) is 217 Å². The molecular weight excluding hydrogens is 410 g/mol. The Morgan fingerprint density at radius 2 is 1.48 bits per heavy atom. The summed E-state index contributed by atoms with van der Waals surface area (Å²) in [6.07, 6.45) is 0.589. The van der Waals surface area contributed by atoms with Crippen molar-refractivity contribution in [3.8, 4) is 0 Å². The van der Waals surface area contributed by atoms with Crippen LogP contribution >= 0.6 is 0 Å². The van der Waals surface area contributed by atoms with Crippen LogP contribution in [0.15, 0.2) is 0 Å². The second-order valence-electron chi connectivity index (χ2n) is 7.57. The van der Waals surface area contributed by atoms with E-state index < -0.39 is 60.6 Å². The molecule has 10 N–H and O–H groups in total. The van der Waals surface area contributed by atoms with Gasteiger partial charge in [-0.1, -0.05) is 20.3 Å². The monoisotopic (exact) mass is 447 g/mol. The van der Waals surface area contributed by atoms with Gasteiger partial charge in [-0.25, -0.2) is 4.79 Å². The first-order valence-corrected chi connectivity index (χ1v) is 10.4. The summed E-state index contributed by atoms with van der Waals surface area (Å²) < 4.78 is 0. The van der Waals surface area contributed by atoms with E-state index in [-0.39, 0.29) is 12.3 Å². The lowest BCUT2D eigenvalue weighted by molar-refractivity contribution is -0.144. The van der Waals surface area contributed by atoms with Crippen LogP contribution < -0.4 is 27.4 Å². The van der Waals surface area contributed by atoms with Crippen molar-refractivity contribution in [3.63, 3.8) is 0 Å². The van der Waals surface area contributed by atoms with Gasteiger partial charge in [0.1, 0.15) is 24.2 Å². The van der Waals surface area contributed by atoms with Gasteiger partial charge < -0.3 is 42.7 Å². The Kier molecular flexibility index (Phi) is 13.6. The molecule has 180 valence electrons. The van der Waals surface area contributed by atoms with E-state index >= 15 is 0 Å². The zero-order valence-corrected chi connectivity index (χ0v) is 18.3. The smallest absolute Gasteiger partial charge is 0.326 e. The van der Waals surface area contributed by atoms with Gasteiger partial charge in [0.2, 0.25) is 17.7 Å². The Hall–Kier alpha value is -2.28. The molecule has 3 amide bonds. The highest BCUT2D eigenvalue weighted by atomic mass is 16.4. The van der Waals surface area contributed by atoms with Gasteiger partial charge in [0.05, 0.1) is 12.7 Å². The summed E-state index contributed by atoms with van der Waals surface area (Å²) in [6, 6.07) is -4.95. The number of hydrogen-bond donors (Lipinski definition) is 8. The fraction of sp³-hybridized carbons (Fsp3) is 0.789. The van der Waals surface area contributed by atoms with Gasteiger partial charge in [0.15, 0.2) is 0 Å². The maximum atomic E-state index is 12.7. The van der Waals surface area contributed by atoms with Gasteiger partial charge >= 0.3 is 5.97 Å². The first kappa shape index (κ1) is 28.7. The summed E-state index contributed by atoms with van der Waals surface area (Å²) in [5.74, 6) is -3.93. The number of aliphatic hydroxyl groups is 2. The molecule has 0 aliphatic heterocycles. The molecule has 0 fully saturated rings. The lowest BCUT2D eigenvalue weighted by Gasteiger charge is -2.26. The highest BCUT2D eigenvalue weighted by Gasteiger charge is 2.31. The summed E-state index contributed by atoms with van der Waals surface area (Å²) in [5, 5.41) is 35.4. The number of carboxylic acids is 1. The van der Waals surface area contributed by atoms with Crippen LogP contribution in [0.25, 0.3) is 0 Å². The van der Waals surface area contributed by atoms with Gasteiger partial charge in [-0.15, -0.1) is 0 Å². The molecule has 12 nitrogen and oxygen atoms in total. The number of rotatable bonds is 15. The first-order valence-electron chi connectivity index (χ1n) is 10.4. The van der Waals surface area contributed by atoms with Crippen LogP contribution in [0.5, 0.6) is 0 Å². The predicted octanol–water partition coefficient (Wildman–Crippen LogP) is -2.60. The largest absolute Gasteiger partial charge is 0.480 e. The number of hydrogen-bond acceptors (Lipinski definition) is 8. The second kappa shape index (κ2) is 14.7. The highest BCUT2D eigenvalue weighted by Crippen LogP contribution is 2.10. The molecule has 0 aromatic heterocycles. The Morgan fingerprint density at radius 3 is 1.94 bits per heavy atom. The number of nitrogens with one attached hydrogen (secondary N) is 3. The van der Waals surface area contributed by atoms with Crippen LogP contribution in [0.1, 0.15) is 46.5 Å². The molecule has 0 saturated carbocycles. The van der Waals surface area contributed by atoms with E-state index in [1.165, 1.54) is 6.92 Å². The molecule has 0 bridgehead atoms. The standard InChI is InChI=1S/C19H37N5O7/c1-4-10(2)15(19(30)31)24-16(27)12(7-5-6-8-20)22-17(28)13(9-25)23-18(29)14(21)11(3)26/h10-15,25-26H,4-9,20-21H2,1-3H3,(H,22,28)(H,23,29)(H,24,27)(H,30,31). The lowest BCUT2D eigenvalue weighted by atomic mass is 9.98. The van der Waals surface area contributed by atoms with E-state index in [4.69, 9.17) is 11.5 Å². The summed E-state index contributed by atoms with van der Waals surface area (Å²) in [7, 11) is 0. The quantitative estimate of drug-likeness (QED) is 0.123. The van der Waals surface area contributed by atoms with E-state index in [2.05, 4.69) is 16.0 Å². The predicted molar refractivity (Wildman–Crippen MR) is 113 cm³/mol. The van der Waals surface area contributed by atoms with E-state index in [1.54, 1.807) is 13.8 Å². The number of aliphatic carboxylic acids is 1. The molecule has 0 saturated heterocycles. The van der Waals surface area contributed by atoms with Crippen molar-refractivity contribution in [1.29, 1.82) is 0 Å². The molecule has 0 radical (unpaired) electrons. The van der Waals surface area contributed by atoms with Crippen LogP contribution in [0.3, 0.4) is 0 Å². The number of unbranched alkanes of at least 4 members (excludes halogenated alkanes) is 1. The average Bonchev–Trinajstić information content (AvgIpc) is 2.72. The van der Waals surface area contributed by atoms with Crippen LogP contribution in [0.2, 0.25) is 0 Å². The van der Waals surface area contributed by atoms with Gasteiger partial charge in [-0.3, -0.25) is 14.4 Å². The van der Waals surface area contributed by atoms with E-state index in [0.717, 1.165) is 0 Å². The Balaban J connectivity index is 5.33. The normalized spacial score (nSPS) is 16.9. The Bertz CT molecular complexity index is 602. The fourth-order valence-electron chi connectivity index (χ4n) is 2.65. The fourth-order valence-corrected chi connectivity index (χ4v) is 2.65. The first-order chi connectivity index (χ1) is 14.5. The van der Waals surface area contributed by atoms with Gasteiger partial charge in [-0.05, 0) is 38.6 Å². The molecular formula is C19H37N5O7. The number of nitrogens with two attached hydrogens (primary N) is 2. The van der Waals surface area contributed by atoms with E-state index in [0.29, 0.717) is 25.8 Å². The van der Waals surface area contributed by atoms with Gasteiger partial charge in [0.25, 0.3) is 0 Å². The Morgan fingerprint density at radius 1 is 0.935 bits per heavy atom. The third-order valence-electron chi connectivity index (χ3n) is 4.99. The molecule has 0 aliphatic rings. The number of carbonyl (C=O) groups is 4. The number of amides is 3. The summed E-state index contributed by atoms with van der Waals surface area (Å²) >= 11 is 0. The SMILES string of the molecule is CCC(C)C(NC(=O)C(CCCCN)NC(=O)C(CO)NC(=O)C(N)C(C)O)C(=O)O. The minimum absolute atomic E-state index is 0.181. The second-order valence-corrected chi connectivity index (χ2v) is 7.57. The van der Waals surface area contributed by atoms with Crippen molar-refractivity contribution in [2.45, 2.75) is 76.7 Å². The van der Waals surface area contributed by atoms with Crippen LogP contribution in [0.4, 0.5) is 0 Å². The Labute approximate surface area is 182 Å². The highest BCUT2D eigenvalue weighted by molar-refractivity contribution is 5.94. The molecule has 0 spiro atoms. The lowest BCUT2D eigenvalue weighted by Crippen LogP contribution is -2.59. The molecule has 0 aromatic carbocycles. The van der Waals surface area contributed by atoms with Crippen molar-refractivity contribution < 1.29 is 34.5 Å². The molecule has 31 heavy (non-hydrogen) atoms. The maximum absolute atomic E-state index is 12.7. The van der Waals surface area contributed by atoms with Crippen molar-refractivity contribution in [3.05, 3.63) is 0 Å². The number of aliphatic hydroxyl groups excluding tert-OH is 2. The van der Waals surface area contributed by atoms with Gasteiger partial charge in [0, 0.05) is 0 Å². The van der Waals surface area contributed by atoms with E-state index in [1.807, 2.05) is 0 Å². The van der Waals surface area contributed by atoms with Crippen LogP contribution in [-0.2, 0) is 19.2 Å². The molecule has 6 unspecified atom stereocenters. The molecule has 6 atom stereocenters. The van der Waals surface area contributed by atoms with Crippen molar-refractivity contribution in [2.75, 3.05) is 13.2 Å². The third kappa shape index (κ3) is 10.0. The van der Waals surface area contributed by atoms with Crippen molar-refractivity contribution in [2.24, 2.45) is 17.4 Å². The van der Waals surface area contributed by atoms with Crippen molar-refractivity contribution >= 4 is 23.7 Å². The van der Waals surface area contributed by atoms with E-state index in [9.17, 15) is 34.5 Å². The zero-order valence-electron chi connectivity index (χ0n) is 18.3. The zero-order chi connectivity index (χ0) is 24.1. The van der Waals surface area contributed by atoms with Crippen LogP contribution in [-0.4, -0.2) is 82.4 Å². The molecule has 0 rings (SSSR count). The summed E-state index contributed by atoms with van der Waals surface area (Å²) in [5.41, 5.74) is 11.0. The minimum Gasteiger partial charge on any atom is -0.480 e. The number of carbonyl (C=O) groups excluding carboxylic acids is 3. The third-order valence-corrected chi connectivity index (χ3v) is 4.99. The number of carboxylic acid groups (broad SMARTS) is 1. The minimum atomic E-state index is -1.41. The van der Waals surface area contributed by atoms with Crippen LogP contribution in [0, 0.1) is 5.92 Å². The average molecular weight is 448 g/mol. The summed E-state index contributed by atoms with van der Waals surface area (Å²) in [6.45, 7) is 4.38. The maximum Gasteiger partial charge on any atom is 0.326 e. The molecule has 0 aliphatic carbocycles. The molecule has 12 heteroatoms. The molecule has 0 heterocycles.